The zero-order valence-corrected chi connectivity index (χ0v) is 13.6. The van der Waals surface area contributed by atoms with E-state index in [0.717, 1.165) is 5.56 Å². The van der Waals surface area contributed by atoms with Crippen LogP contribution in [-0.2, 0) is 20.8 Å². The molecule has 1 aliphatic rings. The van der Waals surface area contributed by atoms with E-state index >= 15 is 0 Å². The Morgan fingerprint density at radius 2 is 1.83 bits per heavy atom. The van der Waals surface area contributed by atoms with E-state index in [1.165, 1.54) is 6.08 Å². The highest BCUT2D eigenvalue weighted by Crippen LogP contribution is 2.31. The molecule has 8 heteroatoms. The average molecular weight is 349 g/mol. The average Bonchev–Trinajstić information content (AvgIpc) is 2.42. The summed E-state index contributed by atoms with van der Waals surface area (Å²) in [4.78, 5) is 2.07. The molecule has 2 rings (SSSR count). The fourth-order valence-electron chi connectivity index (χ4n) is 2.59. The van der Waals surface area contributed by atoms with E-state index in [2.05, 4.69) is 9.08 Å². The second kappa shape index (κ2) is 6.52. The summed E-state index contributed by atoms with van der Waals surface area (Å²) < 4.78 is 63.7. The molecule has 0 fully saturated rings. The van der Waals surface area contributed by atoms with Gasteiger partial charge < -0.3 is 4.18 Å². The predicted octanol–water partition coefficient (Wildman–Crippen LogP) is 3.42. The lowest BCUT2D eigenvalue weighted by Gasteiger charge is -2.37. The molecule has 0 saturated carbocycles. The zero-order valence-electron chi connectivity index (χ0n) is 12.7. The lowest BCUT2D eigenvalue weighted by atomic mass is 10.0. The number of hydrogen-bond acceptors (Lipinski definition) is 4. The number of benzene rings is 1. The summed E-state index contributed by atoms with van der Waals surface area (Å²) in [7, 11) is -5.61. The van der Waals surface area contributed by atoms with Gasteiger partial charge in [0, 0.05) is 25.0 Å². The van der Waals surface area contributed by atoms with Gasteiger partial charge in [0.2, 0.25) is 0 Å². The normalized spacial score (nSPS) is 23.4. The van der Waals surface area contributed by atoms with Gasteiger partial charge in [0.05, 0.1) is 0 Å². The summed E-state index contributed by atoms with van der Waals surface area (Å²) >= 11 is 0. The fourth-order valence-corrected chi connectivity index (χ4v) is 3.09. The summed E-state index contributed by atoms with van der Waals surface area (Å²) in [6.45, 7) is 4.25. The molecule has 1 aromatic rings. The van der Waals surface area contributed by atoms with Crippen LogP contribution in [0.25, 0.3) is 0 Å². The number of rotatable bonds is 4. The van der Waals surface area contributed by atoms with Gasteiger partial charge in [-0.15, -0.1) is 0 Å². The van der Waals surface area contributed by atoms with Gasteiger partial charge in [0.15, 0.2) is 0 Å². The highest BCUT2D eigenvalue weighted by Gasteiger charge is 2.49. The van der Waals surface area contributed by atoms with Crippen LogP contribution in [0.4, 0.5) is 13.2 Å². The van der Waals surface area contributed by atoms with Crippen LogP contribution in [-0.4, -0.2) is 30.9 Å². The van der Waals surface area contributed by atoms with E-state index in [1.807, 2.05) is 37.3 Å². The SMILES string of the molecule is C[C@@H]1C=C(OS(=O)(=O)C(F)(F)F)C[C@@H](C)N1Cc1ccccc1. The minimum absolute atomic E-state index is 0.104. The largest absolute Gasteiger partial charge is 0.534 e. The molecule has 0 aliphatic carbocycles. The maximum Gasteiger partial charge on any atom is 0.534 e. The molecule has 0 unspecified atom stereocenters. The first-order valence-electron chi connectivity index (χ1n) is 7.11. The Hall–Kier alpha value is -1.54. The second-order valence-corrected chi connectivity index (χ2v) is 7.11. The van der Waals surface area contributed by atoms with Crippen molar-refractivity contribution in [3.8, 4) is 0 Å². The smallest absolute Gasteiger partial charge is 0.381 e. The molecule has 0 spiro atoms. The minimum atomic E-state index is -5.61. The van der Waals surface area contributed by atoms with Gasteiger partial charge in [-0.1, -0.05) is 30.3 Å². The second-order valence-electron chi connectivity index (χ2n) is 5.57. The van der Waals surface area contributed by atoms with Crippen molar-refractivity contribution in [1.82, 2.24) is 4.90 Å². The van der Waals surface area contributed by atoms with E-state index in [4.69, 9.17) is 0 Å². The topological polar surface area (TPSA) is 46.6 Å². The molecule has 0 bridgehead atoms. The molecule has 128 valence electrons. The predicted molar refractivity (Wildman–Crippen MR) is 79.7 cm³/mol. The monoisotopic (exact) mass is 349 g/mol. The van der Waals surface area contributed by atoms with Crippen molar-refractivity contribution in [2.24, 2.45) is 0 Å². The van der Waals surface area contributed by atoms with E-state index in [9.17, 15) is 21.6 Å². The van der Waals surface area contributed by atoms with Gasteiger partial charge in [0.25, 0.3) is 0 Å². The highest BCUT2D eigenvalue weighted by molar-refractivity contribution is 7.87. The number of nitrogens with zero attached hydrogens (tertiary/aromatic N) is 1. The highest BCUT2D eigenvalue weighted by atomic mass is 32.2. The Labute approximate surface area is 133 Å². The fraction of sp³-hybridized carbons (Fsp3) is 0.467. The molecule has 1 heterocycles. The maximum absolute atomic E-state index is 12.4. The van der Waals surface area contributed by atoms with Crippen molar-refractivity contribution in [2.75, 3.05) is 0 Å². The third kappa shape index (κ3) is 4.26. The zero-order chi connectivity index (χ0) is 17.3. The van der Waals surface area contributed by atoms with Gasteiger partial charge in [0.1, 0.15) is 5.76 Å². The lowest BCUT2D eigenvalue weighted by molar-refractivity contribution is -0.0527. The Morgan fingerprint density at radius 3 is 2.35 bits per heavy atom. The Bertz CT molecular complexity index is 671. The number of hydrogen-bond donors (Lipinski definition) is 0. The van der Waals surface area contributed by atoms with Crippen LogP contribution < -0.4 is 0 Å². The Morgan fingerprint density at radius 1 is 1.22 bits per heavy atom. The molecule has 0 amide bonds. The first-order valence-corrected chi connectivity index (χ1v) is 8.52. The molecule has 1 aromatic carbocycles. The quantitative estimate of drug-likeness (QED) is 0.617. The van der Waals surface area contributed by atoms with Crippen LogP contribution >= 0.6 is 0 Å². The Balaban J connectivity index is 2.12. The maximum atomic E-state index is 12.4. The third-order valence-electron chi connectivity index (χ3n) is 3.72. The van der Waals surface area contributed by atoms with Gasteiger partial charge in [-0.2, -0.15) is 21.6 Å². The van der Waals surface area contributed by atoms with Crippen LogP contribution in [0, 0.1) is 0 Å². The summed E-state index contributed by atoms with van der Waals surface area (Å²) in [5.41, 5.74) is -4.34. The third-order valence-corrected chi connectivity index (χ3v) is 4.72. The molecule has 4 nitrogen and oxygen atoms in total. The van der Waals surface area contributed by atoms with Gasteiger partial charge in [-0.05, 0) is 25.5 Å². The summed E-state index contributed by atoms with van der Waals surface area (Å²) in [6.07, 6.45) is 1.53. The molecule has 23 heavy (non-hydrogen) atoms. The van der Waals surface area contributed by atoms with Gasteiger partial charge in [-0.25, -0.2) is 0 Å². The van der Waals surface area contributed by atoms with E-state index in [1.54, 1.807) is 6.92 Å². The first kappa shape index (κ1) is 17.8. The lowest BCUT2D eigenvalue weighted by Crippen LogP contribution is -2.42. The standard InChI is InChI=1S/C15H18F3NO3S/c1-11-8-14(22-23(20,21)15(16,17)18)9-12(2)19(11)10-13-6-4-3-5-7-13/h3-8,11-12H,9-10H2,1-2H3/t11-,12-/m1/s1. The van der Waals surface area contributed by atoms with Crippen molar-refractivity contribution in [3.05, 3.63) is 47.7 Å². The van der Waals surface area contributed by atoms with Crippen LogP contribution in [0.2, 0.25) is 0 Å². The van der Waals surface area contributed by atoms with Crippen LogP contribution in [0.5, 0.6) is 0 Å². The summed E-state index contributed by atoms with van der Waals surface area (Å²) in [5, 5.41) is 0. The van der Waals surface area contributed by atoms with Crippen molar-refractivity contribution in [3.63, 3.8) is 0 Å². The number of alkyl halides is 3. The van der Waals surface area contributed by atoms with Crippen molar-refractivity contribution in [2.45, 2.75) is 44.4 Å². The van der Waals surface area contributed by atoms with E-state index in [-0.39, 0.29) is 24.3 Å². The minimum Gasteiger partial charge on any atom is -0.381 e. The molecular formula is C15H18F3NO3S. The molecule has 0 radical (unpaired) electrons. The van der Waals surface area contributed by atoms with Crippen LogP contribution in [0.1, 0.15) is 25.8 Å². The molecular weight excluding hydrogens is 331 g/mol. The van der Waals surface area contributed by atoms with Gasteiger partial charge in [-0.3, -0.25) is 4.90 Å². The summed E-state index contributed by atoms with van der Waals surface area (Å²) in [5.74, 6) is -0.161. The van der Waals surface area contributed by atoms with E-state index < -0.39 is 15.6 Å². The molecule has 0 aromatic heterocycles. The van der Waals surface area contributed by atoms with Gasteiger partial charge >= 0.3 is 15.6 Å². The van der Waals surface area contributed by atoms with E-state index in [0.29, 0.717) is 6.54 Å². The Kier molecular flexibility index (Phi) is 5.05. The number of halogens is 3. The first-order chi connectivity index (χ1) is 10.6. The summed E-state index contributed by atoms with van der Waals surface area (Å²) in [6, 6.07) is 9.27. The van der Waals surface area contributed by atoms with Crippen LogP contribution in [0.3, 0.4) is 0 Å². The van der Waals surface area contributed by atoms with Crippen molar-refractivity contribution >= 4 is 10.1 Å². The van der Waals surface area contributed by atoms with Crippen molar-refractivity contribution < 1.29 is 25.8 Å². The van der Waals surface area contributed by atoms with Crippen molar-refractivity contribution in [1.29, 1.82) is 0 Å². The molecule has 0 N–H and O–H groups in total. The molecule has 0 saturated heterocycles. The molecule has 2 atom stereocenters. The van der Waals surface area contributed by atoms with Crippen LogP contribution in [0.15, 0.2) is 42.2 Å². The molecule has 1 aliphatic heterocycles.